The quantitative estimate of drug-likeness (QED) is 0.796. The van der Waals surface area contributed by atoms with Crippen LogP contribution in [0.15, 0.2) is 6.33 Å². The van der Waals surface area contributed by atoms with Crippen molar-refractivity contribution in [2.24, 2.45) is 0 Å². The van der Waals surface area contributed by atoms with Crippen molar-refractivity contribution in [1.82, 2.24) is 14.8 Å². The number of anilines is 1. The molecule has 1 atom stereocenters. The van der Waals surface area contributed by atoms with Crippen molar-refractivity contribution in [2.45, 2.75) is 51.4 Å². The highest BCUT2D eigenvalue weighted by Gasteiger charge is 2.28. The van der Waals surface area contributed by atoms with Crippen LogP contribution in [0.5, 0.6) is 0 Å². The smallest absolute Gasteiger partial charge is 0.239 e. The van der Waals surface area contributed by atoms with E-state index in [1.54, 1.807) is 11.0 Å². The summed E-state index contributed by atoms with van der Waals surface area (Å²) < 4.78 is 7.71. The zero-order chi connectivity index (χ0) is 10.9. The average molecular weight is 210 g/mol. The van der Waals surface area contributed by atoms with Gasteiger partial charge >= 0.3 is 0 Å². The Balaban J connectivity index is 1.95. The van der Waals surface area contributed by atoms with Crippen LogP contribution in [0, 0.1) is 0 Å². The molecule has 2 N–H and O–H groups in total. The lowest BCUT2D eigenvalue weighted by Gasteiger charge is -2.35. The molecular weight excluding hydrogens is 192 g/mol. The van der Waals surface area contributed by atoms with Crippen molar-refractivity contribution in [1.29, 1.82) is 0 Å². The van der Waals surface area contributed by atoms with Gasteiger partial charge in [0.1, 0.15) is 6.33 Å². The second-order valence-electron chi connectivity index (χ2n) is 4.72. The molecule has 2 rings (SSSR count). The van der Waals surface area contributed by atoms with E-state index in [1.165, 1.54) is 6.42 Å². The zero-order valence-corrected chi connectivity index (χ0v) is 9.31. The number of hydrogen-bond donors (Lipinski definition) is 1. The van der Waals surface area contributed by atoms with E-state index in [0.29, 0.717) is 5.95 Å². The van der Waals surface area contributed by atoms with Gasteiger partial charge in [-0.05, 0) is 33.1 Å². The summed E-state index contributed by atoms with van der Waals surface area (Å²) in [6, 6.07) is 0. The van der Waals surface area contributed by atoms with E-state index in [9.17, 15) is 0 Å². The first-order chi connectivity index (χ1) is 7.05. The van der Waals surface area contributed by atoms with Gasteiger partial charge in [0, 0.05) is 0 Å². The molecule has 2 heterocycles. The minimum absolute atomic E-state index is 0.00492. The lowest BCUT2D eigenvalue weighted by atomic mass is 9.95. The Bertz CT molecular complexity index is 334. The number of nitrogens with two attached hydrogens (primary N) is 1. The van der Waals surface area contributed by atoms with Crippen molar-refractivity contribution in [2.75, 3.05) is 5.73 Å². The standard InChI is InChI=1S/C10H18N4O/c1-10(2)5-3-4-8(15-10)6-14-7-12-9(11)13-14/h7-8H,3-6H2,1-2H3,(H2,11,13). The molecule has 5 nitrogen and oxygen atoms in total. The van der Waals surface area contributed by atoms with E-state index in [4.69, 9.17) is 10.5 Å². The van der Waals surface area contributed by atoms with Gasteiger partial charge in [0.15, 0.2) is 0 Å². The summed E-state index contributed by atoms with van der Waals surface area (Å²) in [5.74, 6) is 0.324. The van der Waals surface area contributed by atoms with Crippen LogP contribution in [-0.4, -0.2) is 26.5 Å². The average Bonchev–Trinajstić information content (AvgIpc) is 2.49. The molecule has 0 radical (unpaired) electrons. The van der Waals surface area contributed by atoms with Crippen LogP contribution in [0.4, 0.5) is 5.95 Å². The second kappa shape index (κ2) is 3.81. The Morgan fingerprint density at radius 3 is 3.07 bits per heavy atom. The normalized spacial score (nSPS) is 25.3. The monoisotopic (exact) mass is 210 g/mol. The van der Waals surface area contributed by atoms with Crippen molar-refractivity contribution in [3.05, 3.63) is 6.33 Å². The van der Waals surface area contributed by atoms with Crippen LogP contribution in [0.2, 0.25) is 0 Å². The highest BCUT2D eigenvalue weighted by Crippen LogP contribution is 2.28. The molecule has 0 amide bonds. The molecule has 1 unspecified atom stereocenters. The summed E-state index contributed by atoms with van der Waals surface area (Å²) in [6.07, 6.45) is 5.31. The highest BCUT2D eigenvalue weighted by atomic mass is 16.5. The van der Waals surface area contributed by atoms with E-state index in [1.807, 2.05) is 0 Å². The Kier molecular flexibility index (Phi) is 2.65. The van der Waals surface area contributed by atoms with Crippen LogP contribution in [0.25, 0.3) is 0 Å². The topological polar surface area (TPSA) is 66.0 Å². The van der Waals surface area contributed by atoms with Gasteiger partial charge in [0.2, 0.25) is 5.95 Å². The minimum atomic E-state index is -0.00492. The molecular formula is C10H18N4O. The number of ether oxygens (including phenoxy) is 1. The maximum atomic E-state index is 5.96. The first-order valence-electron chi connectivity index (χ1n) is 5.38. The lowest BCUT2D eigenvalue weighted by Crippen LogP contribution is -2.37. The fourth-order valence-electron chi connectivity index (χ4n) is 2.06. The molecule has 0 spiro atoms. The maximum Gasteiger partial charge on any atom is 0.239 e. The molecule has 15 heavy (non-hydrogen) atoms. The summed E-state index contributed by atoms with van der Waals surface area (Å²) in [5.41, 5.74) is 5.45. The van der Waals surface area contributed by atoms with Gasteiger partial charge in [-0.3, -0.25) is 0 Å². The van der Waals surface area contributed by atoms with Gasteiger partial charge < -0.3 is 10.5 Å². The molecule has 84 valence electrons. The fraction of sp³-hybridized carbons (Fsp3) is 0.800. The van der Waals surface area contributed by atoms with Crippen molar-refractivity contribution < 1.29 is 4.74 Å². The number of nitrogen functional groups attached to an aromatic ring is 1. The van der Waals surface area contributed by atoms with Crippen LogP contribution in [0.3, 0.4) is 0 Å². The molecule has 1 aliphatic rings. The second-order valence-corrected chi connectivity index (χ2v) is 4.72. The summed E-state index contributed by atoms with van der Waals surface area (Å²) in [6.45, 7) is 5.01. The molecule has 0 aliphatic carbocycles. The molecule has 0 saturated carbocycles. The molecule has 0 bridgehead atoms. The number of rotatable bonds is 2. The SMILES string of the molecule is CC1(C)CCCC(Cn2cnc(N)n2)O1. The maximum absolute atomic E-state index is 5.96. The third-order valence-corrected chi connectivity index (χ3v) is 2.74. The molecule has 1 aromatic rings. The highest BCUT2D eigenvalue weighted by molar-refractivity contribution is 5.09. The number of nitrogens with zero attached hydrogens (tertiary/aromatic N) is 3. The Labute approximate surface area is 89.6 Å². The summed E-state index contributed by atoms with van der Waals surface area (Å²) in [7, 11) is 0. The Morgan fingerprint density at radius 2 is 2.47 bits per heavy atom. The van der Waals surface area contributed by atoms with Crippen molar-refractivity contribution >= 4 is 5.95 Å². The predicted molar refractivity (Wildman–Crippen MR) is 57.2 cm³/mol. The van der Waals surface area contributed by atoms with E-state index in [2.05, 4.69) is 23.9 Å². The van der Waals surface area contributed by atoms with Gasteiger partial charge in [-0.25, -0.2) is 9.67 Å². The predicted octanol–water partition coefficient (Wildman–Crippen LogP) is 1.21. The van der Waals surface area contributed by atoms with E-state index in [-0.39, 0.29) is 11.7 Å². The molecule has 1 fully saturated rings. The summed E-state index contributed by atoms with van der Waals surface area (Å²) >= 11 is 0. The van der Waals surface area contributed by atoms with Gasteiger partial charge in [-0.2, -0.15) is 0 Å². The van der Waals surface area contributed by atoms with E-state index < -0.39 is 0 Å². The lowest BCUT2D eigenvalue weighted by molar-refractivity contribution is -0.112. The van der Waals surface area contributed by atoms with Crippen LogP contribution < -0.4 is 5.73 Å². The number of aromatic nitrogens is 3. The van der Waals surface area contributed by atoms with Gasteiger partial charge in [0.05, 0.1) is 18.2 Å². The number of hydrogen-bond acceptors (Lipinski definition) is 4. The Hall–Kier alpha value is -1.10. The van der Waals surface area contributed by atoms with Crippen molar-refractivity contribution in [3.8, 4) is 0 Å². The van der Waals surface area contributed by atoms with Gasteiger partial charge in [-0.15, -0.1) is 5.10 Å². The molecule has 1 saturated heterocycles. The minimum Gasteiger partial charge on any atom is -0.370 e. The van der Waals surface area contributed by atoms with Crippen molar-refractivity contribution in [3.63, 3.8) is 0 Å². The molecule has 1 aliphatic heterocycles. The van der Waals surface area contributed by atoms with Crippen LogP contribution in [-0.2, 0) is 11.3 Å². The van der Waals surface area contributed by atoms with Gasteiger partial charge in [-0.1, -0.05) is 0 Å². The third kappa shape index (κ3) is 2.68. The fourth-order valence-corrected chi connectivity index (χ4v) is 2.06. The first kappa shape index (κ1) is 10.4. The third-order valence-electron chi connectivity index (χ3n) is 2.74. The van der Waals surface area contributed by atoms with Crippen LogP contribution in [0.1, 0.15) is 33.1 Å². The molecule has 5 heteroatoms. The molecule has 0 aromatic carbocycles. The summed E-state index contributed by atoms with van der Waals surface area (Å²) in [5, 5.41) is 4.06. The van der Waals surface area contributed by atoms with Crippen LogP contribution >= 0.6 is 0 Å². The molecule has 1 aromatic heterocycles. The van der Waals surface area contributed by atoms with E-state index in [0.717, 1.165) is 19.4 Å². The summed E-state index contributed by atoms with van der Waals surface area (Å²) in [4.78, 5) is 3.89. The largest absolute Gasteiger partial charge is 0.370 e. The van der Waals surface area contributed by atoms with Gasteiger partial charge in [0.25, 0.3) is 0 Å². The van der Waals surface area contributed by atoms with E-state index >= 15 is 0 Å². The Morgan fingerprint density at radius 1 is 1.67 bits per heavy atom. The zero-order valence-electron chi connectivity index (χ0n) is 9.31. The first-order valence-corrected chi connectivity index (χ1v) is 5.38.